The molecule has 1 nitrogen and oxygen atoms in total. The second-order valence-electron chi connectivity index (χ2n) is 5.67. The first-order chi connectivity index (χ1) is 9.11. The molecule has 1 aromatic rings. The molecule has 0 radical (unpaired) electrons. The van der Waals surface area contributed by atoms with Gasteiger partial charge >= 0.3 is 6.18 Å². The minimum absolute atomic E-state index is 0.546. The summed E-state index contributed by atoms with van der Waals surface area (Å²) in [5, 5.41) is 0. The van der Waals surface area contributed by atoms with E-state index in [4.69, 9.17) is 4.74 Å². The summed E-state index contributed by atoms with van der Waals surface area (Å²) < 4.78 is 43.2. The zero-order valence-corrected chi connectivity index (χ0v) is 13.1. The fraction of sp³-hybridized carbons (Fsp3) is 0.467. The number of hydrogen-bond donors (Lipinski definition) is 0. The van der Waals surface area contributed by atoms with Crippen molar-refractivity contribution in [3.63, 3.8) is 0 Å². The molecule has 0 spiro atoms. The lowest BCUT2D eigenvalue weighted by Gasteiger charge is -2.15. The normalized spacial score (nSPS) is 13.3. The van der Waals surface area contributed by atoms with Crippen LogP contribution in [0, 0.1) is 11.5 Å². The Labute approximate surface area is 119 Å². The minimum Gasteiger partial charge on any atom is -0.497 e. The zero-order chi connectivity index (χ0) is 15.4. The van der Waals surface area contributed by atoms with Crippen LogP contribution in [0.1, 0.15) is 17.9 Å². The first kappa shape index (κ1) is 16.6. The summed E-state index contributed by atoms with van der Waals surface area (Å²) >= 11 is 0. The van der Waals surface area contributed by atoms with Crippen molar-refractivity contribution in [1.82, 2.24) is 0 Å². The Morgan fingerprint density at radius 2 is 1.90 bits per heavy atom. The summed E-state index contributed by atoms with van der Waals surface area (Å²) in [5.74, 6) is 2.53. The third kappa shape index (κ3) is 6.16. The number of halogens is 3. The maximum atomic E-state index is 12.7. The number of hydrogen-bond acceptors (Lipinski definition) is 1. The third-order valence-electron chi connectivity index (χ3n) is 2.55. The summed E-state index contributed by atoms with van der Waals surface area (Å²) in [6.45, 7) is 6.03. The van der Waals surface area contributed by atoms with Crippen LogP contribution in [0.25, 0.3) is 0 Å². The number of methoxy groups -OCH3 is 1. The highest BCUT2D eigenvalue weighted by Crippen LogP contribution is 2.32. The van der Waals surface area contributed by atoms with Gasteiger partial charge < -0.3 is 4.74 Å². The molecule has 1 rings (SSSR count). The fourth-order valence-corrected chi connectivity index (χ4v) is 2.25. The Morgan fingerprint density at radius 3 is 2.40 bits per heavy atom. The minimum atomic E-state index is -4.23. The predicted octanol–water partition coefficient (Wildman–Crippen LogP) is 4.61. The van der Waals surface area contributed by atoms with Crippen LogP contribution in [0.5, 0.6) is 5.75 Å². The second-order valence-corrected chi connectivity index (χ2v) is 10.4. The van der Waals surface area contributed by atoms with E-state index in [1.165, 1.54) is 7.11 Å². The van der Waals surface area contributed by atoms with Gasteiger partial charge in [0.05, 0.1) is 19.4 Å². The van der Waals surface area contributed by atoms with Crippen LogP contribution in [0.3, 0.4) is 0 Å². The first-order valence-electron chi connectivity index (χ1n) is 6.34. The maximum absolute atomic E-state index is 12.7. The molecule has 0 aliphatic carbocycles. The molecule has 110 valence electrons. The molecule has 5 heteroatoms. The second kappa shape index (κ2) is 6.36. The standard InChI is InChI=1S/C15H19F3OSi/c1-19-14-7-5-6-12(10-14)13(11-15(16,17)18)8-9-20(2,3)4/h5-7,10,13H,11H2,1-4H3/t13-/m1/s1. The summed E-state index contributed by atoms with van der Waals surface area (Å²) in [7, 11) is -0.218. The largest absolute Gasteiger partial charge is 0.497 e. The van der Waals surface area contributed by atoms with E-state index in [0.29, 0.717) is 11.3 Å². The van der Waals surface area contributed by atoms with Crippen LogP contribution >= 0.6 is 0 Å². The first-order valence-corrected chi connectivity index (χ1v) is 9.84. The maximum Gasteiger partial charge on any atom is 0.390 e. The highest BCUT2D eigenvalue weighted by Gasteiger charge is 2.32. The lowest BCUT2D eigenvalue weighted by atomic mass is 9.96. The van der Waals surface area contributed by atoms with E-state index in [0.717, 1.165) is 0 Å². The van der Waals surface area contributed by atoms with Crippen LogP contribution in [-0.2, 0) is 0 Å². The van der Waals surface area contributed by atoms with Crippen LogP contribution in [0.15, 0.2) is 24.3 Å². The topological polar surface area (TPSA) is 9.23 Å². The molecule has 0 N–H and O–H groups in total. The molecular formula is C15H19F3OSi. The molecule has 0 heterocycles. The molecule has 0 bridgehead atoms. The quantitative estimate of drug-likeness (QED) is 0.585. The smallest absolute Gasteiger partial charge is 0.390 e. The molecule has 0 unspecified atom stereocenters. The molecule has 1 aromatic carbocycles. The lowest BCUT2D eigenvalue weighted by Crippen LogP contribution is -2.18. The van der Waals surface area contributed by atoms with Crippen LogP contribution in [-0.4, -0.2) is 21.4 Å². The van der Waals surface area contributed by atoms with E-state index in [-0.39, 0.29) is 0 Å². The molecule has 0 aliphatic rings. The van der Waals surface area contributed by atoms with Crippen molar-refractivity contribution < 1.29 is 17.9 Å². The zero-order valence-electron chi connectivity index (χ0n) is 12.1. The molecule has 0 fully saturated rings. The summed E-state index contributed by atoms with van der Waals surface area (Å²) in [5.41, 5.74) is 3.58. The van der Waals surface area contributed by atoms with Gasteiger partial charge in [-0.2, -0.15) is 13.2 Å². The molecule has 1 atom stereocenters. The van der Waals surface area contributed by atoms with E-state index in [1.54, 1.807) is 24.3 Å². The van der Waals surface area contributed by atoms with E-state index >= 15 is 0 Å². The van der Waals surface area contributed by atoms with Crippen molar-refractivity contribution in [1.29, 1.82) is 0 Å². The van der Waals surface area contributed by atoms with Gasteiger partial charge in [0.2, 0.25) is 0 Å². The average molecular weight is 300 g/mol. The van der Waals surface area contributed by atoms with Crippen LogP contribution in [0.4, 0.5) is 13.2 Å². The molecule has 20 heavy (non-hydrogen) atoms. The molecule has 0 saturated heterocycles. The number of ether oxygens (including phenoxy) is 1. The van der Waals surface area contributed by atoms with Gasteiger partial charge in [0, 0.05) is 0 Å². The Balaban J connectivity index is 3.11. The highest BCUT2D eigenvalue weighted by atomic mass is 28.3. The lowest BCUT2D eigenvalue weighted by molar-refractivity contribution is -0.136. The van der Waals surface area contributed by atoms with Crippen molar-refractivity contribution >= 4 is 8.07 Å². The molecule has 0 aliphatic heterocycles. The van der Waals surface area contributed by atoms with Gasteiger partial charge in [0.15, 0.2) is 0 Å². The number of benzene rings is 1. The van der Waals surface area contributed by atoms with Crippen LogP contribution < -0.4 is 4.74 Å². The molecular weight excluding hydrogens is 281 g/mol. The summed E-state index contributed by atoms with van der Waals surface area (Å²) in [6.07, 6.45) is -5.17. The van der Waals surface area contributed by atoms with Crippen LogP contribution in [0.2, 0.25) is 19.6 Å². The van der Waals surface area contributed by atoms with Crippen molar-refractivity contribution in [3.8, 4) is 17.2 Å². The van der Waals surface area contributed by atoms with Gasteiger partial charge in [-0.05, 0) is 17.7 Å². The Hall–Kier alpha value is -1.41. The van der Waals surface area contributed by atoms with Crippen molar-refractivity contribution in [3.05, 3.63) is 29.8 Å². The van der Waals surface area contributed by atoms with Crippen molar-refractivity contribution in [2.24, 2.45) is 0 Å². The van der Waals surface area contributed by atoms with E-state index in [2.05, 4.69) is 11.5 Å². The van der Waals surface area contributed by atoms with Gasteiger partial charge in [0.25, 0.3) is 0 Å². The third-order valence-corrected chi connectivity index (χ3v) is 3.45. The summed E-state index contributed by atoms with van der Waals surface area (Å²) in [6, 6.07) is 6.68. The predicted molar refractivity (Wildman–Crippen MR) is 77.5 cm³/mol. The van der Waals surface area contributed by atoms with Gasteiger partial charge in [-0.15, -0.1) is 11.5 Å². The SMILES string of the molecule is COc1cccc([C@H](C#C[Si](C)(C)C)CC(F)(F)F)c1. The molecule has 0 aromatic heterocycles. The van der Waals surface area contributed by atoms with Crippen molar-refractivity contribution in [2.45, 2.75) is 38.2 Å². The Kier molecular flexibility index (Phi) is 5.29. The fourth-order valence-electron chi connectivity index (χ4n) is 1.65. The number of alkyl halides is 3. The van der Waals surface area contributed by atoms with Gasteiger partial charge in [0.1, 0.15) is 13.8 Å². The van der Waals surface area contributed by atoms with E-state index in [1.807, 2.05) is 19.6 Å². The summed E-state index contributed by atoms with van der Waals surface area (Å²) in [4.78, 5) is 0. The van der Waals surface area contributed by atoms with E-state index in [9.17, 15) is 13.2 Å². The van der Waals surface area contributed by atoms with Gasteiger partial charge in [-0.3, -0.25) is 0 Å². The molecule has 0 amide bonds. The van der Waals surface area contributed by atoms with E-state index < -0.39 is 26.6 Å². The Bertz CT molecular complexity index is 506. The monoisotopic (exact) mass is 300 g/mol. The molecule has 0 saturated carbocycles. The Morgan fingerprint density at radius 1 is 1.25 bits per heavy atom. The van der Waals surface area contributed by atoms with Gasteiger partial charge in [-0.25, -0.2) is 0 Å². The van der Waals surface area contributed by atoms with Crippen molar-refractivity contribution in [2.75, 3.05) is 7.11 Å². The highest BCUT2D eigenvalue weighted by molar-refractivity contribution is 6.83. The number of rotatable bonds is 3. The average Bonchev–Trinajstić information content (AvgIpc) is 2.32. The van der Waals surface area contributed by atoms with Gasteiger partial charge in [-0.1, -0.05) is 31.8 Å².